The highest BCUT2D eigenvalue weighted by atomic mass is 32.2. The molecule has 31 aliphatic rings. The number of nitrogens with zero attached hydrogens (tertiary/aromatic N) is 2. The van der Waals surface area contributed by atoms with Gasteiger partial charge < -0.3 is 208 Å². The molecular formula is C66H99N3O43S. The Bertz CT molecular complexity index is 2830. The predicted octanol–water partition coefficient (Wildman–Crippen LogP) is -14.9. The molecule has 46 nitrogen and oxygen atoms in total. The van der Waals surface area contributed by atoms with Crippen LogP contribution in [0.2, 0.25) is 0 Å². The van der Waals surface area contributed by atoms with Crippen LogP contribution in [-0.4, -0.2) is 463 Å². The van der Waals surface area contributed by atoms with Gasteiger partial charge in [0.25, 0.3) is 5.24 Å². The minimum atomic E-state index is -2.25. The van der Waals surface area contributed by atoms with Crippen molar-refractivity contribution in [2.75, 3.05) is 78.0 Å². The molecule has 0 saturated carbocycles. The van der Waals surface area contributed by atoms with Gasteiger partial charge in [-0.3, -0.25) is 14.9 Å². The van der Waals surface area contributed by atoms with Gasteiger partial charge in [-0.2, -0.15) is 0 Å². The molecule has 2 aromatic rings. The van der Waals surface area contributed by atoms with Crippen LogP contribution in [0.15, 0.2) is 48.7 Å². The third-order valence-corrected chi connectivity index (χ3v) is 21.7. The number of anilines is 1. The molecule has 25 N–H and O–H groups in total. The number of aliphatic hydroxyl groups excluding tert-OH is 24. The highest BCUT2D eigenvalue weighted by molar-refractivity contribution is 8.15. The predicted molar refractivity (Wildman–Crippen MR) is 359 cm³/mol. The fourth-order valence-corrected chi connectivity index (χ4v) is 15.2. The number of rotatable bonds is 15. The number of aliphatic hydroxyl groups is 24. The maximum absolute atomic E-state index is 11.6. The fraction of sp³-hybridized carbons (Fsp3) is 0.803. The molecule has 47 heteroatoms. The summed E-state index contributed by atoms with van der Waals surface area (Å²) >= 11 is 1.05. The maximum Gasteiger partial charge on any atom is 0.286 e. The van der Waals surface area contributed by atoms with Crippen LogP contribution < -0.4 is 15.0 Å². The van der Waals surface area contributed by atoms with Crippen molar-refractivity contribution in [2.45, 2.75) is 257 Å². The number of thioether (sulfide) groups is 1. The number of amides is 2. The highest BCUT2D eigenvalue weighted by Crippen LogP contribution is 2.40. The van der Waals surface area contributed by atoms with E-state index in [0.717, 1.165) is 35.4 Å². The van der Waals surface area contributed by atoms with Crippen LogP contribution in [0.1, 0.15) is 5.56 Å². The normalized spacial score (nSPS) is 46.8. The Morgan fingerprint density at radius 3 is 0.805 bits per heavy atom. The lowest BCUT2D eigenvalue weighted by Gasteiger charge is -2.50. The van der Waals surface area contributed by atoms with E-state index in [-0.39, 0.29) is 16.4 Å². The molecule has 31 fully saturated rings. The number of carbonyl (C=O) groups is 2. The van der Waals surface area contributed by atoms with Gasteiger partial charge in [0.1, 0.15) is 214 Å². The minimum Gasteiger partial charge on any atom is -0.492 e. The Morgan fingerprint density at radius 2 is 0.602 bits per heavy atom. The molecule has 0 aliphatic carbocycles. The number of pyridine rings is 1. The molecule has 33 rings (SSSR count). The molecule has 0 radical (unpaired) electrons. The second kappa shape index (κ2) is 39.8. The summed E-state index contributed by atoms with van der Waals surface area (Å²) in [5, 5.41) is 267. The Labute approximate surface area is 644 Å². The number of ether oxygens (including phenoxy) is 17. The summed E-state index contributed by atoms with van der Waals surface area (Å²) < 4.78 is 96.8. The Morgan fingerprint density at radius 1 is 0.354 bits per heavy atom. The van der Waals surface area contributed by atoms with E-state index in [0.29, 0.717) is 13.0 Å². The SMILES string of the molecule is CN(CCOc1ccc(CC2SC(=O)NC2=O)cc1)c1ccccn1.OC[C@H]1O[C@@H]2O[C@H]3[C@H](O)[C@@H](O)[C@@H](O[C@H]4[C@H](O)[C@@H](O)[C@@H](O[C@H]5[C@H](O)[C@@H](O)[C@@H](O[C@H]6[C@H](O)[C@@H](O)[C@@H](O[C@H]7[C@H](O)[C@@H](O)[C@@H](O[C@H]8[C@H](O)[C@@H](O)[C@@H](O[C@H]9[C@H](O)[C@@H](O)[C@@H](O[C@H]1[C@H](O)[C@H]2O)O[C@@H]9CO)O[C@@H]8CO)O[C@@H]7CO)O[C@@H]6CO)O[C@@H]5CO)O[C@@H]4CO)O[C@@H]3CO. The smallest absolute Gasteiger partial charge is 0.286 e. The summed E-state index contributed by atoms with van der Waals surface area (Å²) in [6.07, 6.45) is -79.7. The maximum atomic E-state index is 11.6. The third kappa shape index (κ3) is 19.7. The van der Waals surface area contributed by atoms with Gasteiger partial charge in [-0.1, -0.05) is 30.0 Å². The molecule has 1 aromatic heterocycles. The van der Waals surface area contributed by atoms with Gasteiger partial charge in [0.2, 0.25) is 5.91 Å². The summed E-state index contributed by atoms with van der Waals surface area (Å²) in [7, 11) is 1.97. The van der Waals surface area contributed by atoms with Crippen LogP contribution in [0.5, 0.6) is 5.75 Å². The first-order valence-corrected chi connectivity index (χ1v) is 37.0. The summed E-state index contributed by atoms with van der Waals surface area (Å²) in [6.45, 7) is -7.37. The molecule has 16 bridgehead atoms. The number of aromatic nitrogens is 1. The van der Waals surface area contributed by atoms with Crippen LogP contribution in [0.4, 0.5) is 10.6 Å². The largest absolute Gasteiger partial charge is 0.492 e. The number of imide groups is 1. The second-order valence-electron chi connectivity index (χ2n) is 28.1. The van der Waals surface area contributed by atoms with E-state index >= 15 is 0 Å². The van der Waals surface area contributed by atoms with Crippen molar-refractivity contribution in [3.05, 3.63) is 54.2 Å². The molecule has 642 valence electrons. The number of benzene rings is 1. The minimum absolute atomic E-state index is 0.215. The van der Waals surface area contributed by atoms with E-state index in [2.05, 4.69) is 10.3 Å². The monoisotopic (exact) mass is 1650 g/mol. The molecule has 0 spiro atoms. The molecule has 2 amide bonds. The molecule has 1 aromatic carbocycles. The topological polar surface area (TPSA) is 705 Å². The van der Waals surface area contributed by atoms with Crippen LogP contribution >= 0.6 is 11.8 Å². The van der Waals surface area contributed by atoms with Gasteiger partial charge in [-0.15, -0.1) is 0 Å². The van der Waals surface area contributed by atoms with Gasteiger partial charge in [0.05, 0.1) is 64.6 Å². The van der Waals surface area contributed by atoms with E-state index in [9.17, 15) is 132 Å². The van der Waals surface area contributed by atoms with Gasteiger partial charge >= 0.3 is 0 Å². The molecule has 113 heavy (non-hydrogen) atoms. The molecule has 41 atom stereocenters. The average molecular weight is 1650 g/mol. The van der Waals surface area contributed by atoms with Crippen molar-refractivity contribution in [3.8, 4) is 5.75 Å². The van der Waals surface area contributed by atoms with E-state index in [4.69, 9.17) is 80.5 Å². The zero-order chi connectivity index (χ0) is 81.7. The summed E-state index contributed by atoms with van der Waals surface area (Å²) in [5.41, 5.74) is 1.00. The molecule has 31 aliphatic heterocycles. The zero-order valence-corrected chi connectivity index (χ0v) is 60.7. The van der Waals surface area contributed by atoms with Crippen molar-refractivity contribution >= 4 is 28.7 Å². The number of nitrogens with one attached hydrogen (secondary N) is 1. The van der Waals surface area contributed by atoms with Gasteiger partial charge in [0, 0.05) is 13.2 Å². The third-order valence-electron chi connectivity index (χ3n) is 20.7. The lowest BCUT2D eigenvalue weighted by Crippen LogP contribution is -2.69. The summed E-state index contributed by atoms with van der Waals surface area (Å²) in [6, 6.07) is 13.4. The first-order chi connectivity index (χ1) is 54.0. The van der Waals surface area contributed by atoms with Crippen LogP contribution in [-0.2, 0) is 87.0 Å². The van der Waals surface area contributed by atoms with Crippen molar-refractivity contribution in [1.82, 2.24) is 10.3 Å². The Kier molecular flexibility index (Phi) is 31.6. The number of hydrogen-bond acceptors (Lipinski definition) is 46. The van der Waals surface area contributed by atoms with Gasteiger partial charge in [-0.25, -0.2) is 4.98 Å². The van der Waals surface area contributed by atoms with E-state index < -0.39 is 299 Å². The first-order valence-electron chi connectivity index (χ1n) is 36.1. The van der Waals surface area contributed by atoms with E-state index in [1.54, 1.807) is 6.20 Å². The van der Waals surface area contributed by atoms with E-state index in [1.807, 2.05) is 54.4 Å². The van der Waals surface area contributed by atoms with Gasteiger partial charge in [-0.05, 0) is 36.2 Å². The lowest BCUT2D eigenvalue weighted by atomic mass is 9.94. The second-order valence-corrected chi connectivity index (χ2v) is 29.3. The summed E-state index contributed by atoms with van der Waals surface area (Å²) in [5.74, 6) is 1.47. The molecular weight excluding hydrogens is 1550 g/mol. The Balaban J connectivity index is 0.000000425. The molecule has 31 saturated heterocycles. The van der Waals surface area contributed by atoms with Crippen molar-refractivity contribution in [2.24, 2.45) is 0 Å². The molecule has 1 unspecified atom stereocenters. The van der Waals surface area contributed by atoms with Crippen molar-refractivity contribution < 1.29 is 213 Å². The van der Waals surface area contributed by atoms with Crippen molar-refractivity contribution in [3.63, 3.8) is 0 Å². The van der Waals surface area contributed by atoms with Crippen LogP contribution in [0.3, 0.4) is 0 Å². The number of hydrogen-bond donors (Lipinski definition) is 25. The fourth-order valence-electron chi connectivity index (χ4n) is 14.4. The number of likely N-dealkylation sites (N-methyl/N-ethyl adjacent to an activating group) is 1. The standard InChI is InChI=1S/C48H80O40.C18H19N3O3S/c49-1-9-33-17(57)25(65)41(73-9)82-34-10(2-50)75-43(27(67)19(34)59)84-36-12(4-52)77-45(29(69)21(36)61)86-38-14(6-54)79-47(31(71)23(38)63)88-40-16(8-56)80-48(32(72)24(40)64)87-39-15(7-55)78-46(30(70)22(39)62)85-37-13(5-53)76-44(28(68)20(37)60)83-35-11(3-51)74-42(81-33)26(66)18(35)58;1-21(16-4-2-3-9-19-16)10-11-24-14-7-5-13(6-8-14)12-15-17(22)20-18(23)25-15/h9-72H,1-8H2;2-9,15H,10-12H2,1H3,(H,20,22,23)/t9-,10-,11-,12-,13-,14-,15-,16-,17-,18-,19-,20-,21-,22-,23-,24-,25-,26-,27-,28-,29-,30-,31-,32-,33-,34-,35-,36-,37-,38-,39-,40-,41-,42-,43-,44-,45-,46-,47-,48-;/m1./s1. The zero-order valence-electron chi connectivity index (χ0n) is 59.9. The van der Waals surface area contributed by atoms with Crippen molar-refractivity contribution in [1.29, 1.82) is 0 Å². The lowest BCUT2D eigenvalue weighted by molar-refractivity contribution is -0.404. The van der Waals surface area contributed by atoms with E-state index in [1.165, 1.54) is 0 Å². The first kappa shape index (κ1) is 89.6. The summed E-state index contributed by atoms with van der Waals surface area (Å²) in [4.78, 5) is 29.1. The average Bonchev–Trinajstić information content (AvgIpc) is 1.44. The van der Waals surface area contributed by atoms with Crippen LogP contribution in [0, 0.1) is 0 Å². The molecule has 32 heterocycles. The number of carbonyl (C=O) groups excluding carboxylic acids is 2. The highest BCUT2D eigenvalue weighted by Gasteiger charge is 2.61. The quantitative estimate of drug-likeness (QED) is 0.0787. The Hall–Kier alpha value is -4.14. The van der Waals surface area contributed by atoms with Gasteiger partial charge in [0.15, 0.2) is 50.3 Å². The van der Waals surface area contributed by atoms with Crippen LogP contribution in [0.25, 0.3) is 0 Å².